The number of thiophene rings is 1. The van der Waals surface area contributed by atoms with Gasteiger partial charge in [0.1, 0.15) is 11.6 Å². The fourth-order valence-corrected chi connectivity index (χ4v) is 5.25. The van der Waals surface area contributed by atoms with Crippen molar-refractivity contribution in [3.63, 3.8) is 0 Å². The molecule has 2 heterocycles. The van der Waals surface area contributed by atoms with E-state index in [2.05, 4.69) is 52.7 Å². The number of aliphatic hydroxyl groups is 1. The van der Waals surface area contributed by atoms with Gasteiger partial charge >= 0.3 is 0 Å². The highest BCUT2D eigenvalue weighted by molar-refractivity contribution is 7.16. The molecular weight excluding hydrogens is 458 g/mol. The molecule has 3 aromatic rings. The first-order valence-corrected chi connectivity index (χ1v) is 12.6. The number of morpholine rings is 1. The highest BCUT2D eigenvalue weighted by atomic mass is 32.1. The normalized spacial score (nSPS) is 15.0. The van der Waals surface area contributed by atoms with Gasteiger partial charge in [-0.3, -0.25) is 4.79 Å². The van der Waals surface area contributed by atoms with Crippen molar-refractivity contribution >= 4 is 39.3 Å². The summed E-state index contributed by atoms with van der Waals surface area (Å²) in [5.74, 6) is -0.417. The maximum absolute atomic E-state index is 12.8. The molecule has 182 valence electrons. The second kappa shape index (κ2) is 10.6. The number of amides is 1. The van der Waals surface area contributed by atoms with Gasteiger partial charge in [0.2, 0.25) is 0 Å². The summed E-state index contributed by atoms with van der Waals surface area (Å²) in [7, 11) is 0. The van der Waals surface area contributed by atoms with Crippen molar-refractivity contribution in [2.75, 3.05) is 37.8 Å². The molecule has 1 aliphatic rings. The lowest BCUT2D eigenvalue weighted by molar-refractivity contribution is -0.118. The van der Waals surface area contributed by atoms with E-state index in [1.165, 1.54) is 16.5 Å². The second-order valence-electron chi connectivity index (χ2n) is 9.43. The summed E-state index contributed by atoms with van der Waals surface area (Å²) < 4.78 is 5.47. The average molecular weight is 490 g/mol. The smallest absolute Gasteiger partial charge is 0.262 e. The zero-order valence-corrected chi connectivity index (χ0v) is 21.2. The van der Waals surface area contributed by atoms with Crippen LogP contribution in [0.3, 0.4) is 0 Å². The van der Waals surface area contributed by atoms with Gasteiger partial charge in [-0.25, -0.2) is 0 Å². The number of nitrogens with one attached hydrogen (secondary N) is 1. The molecule has 1 aliphatic heterocycles. The van der Waals surface area contributed by atoms with Gasteiger partial charge in [0.05, 0.1) is 13.2 Å². The number of ether oxygens (including phenoxy) is 1. The van der Waals surface area contributed by atoms with Crippen LogP contribution in [0.4, 0.5) is 5.69 Å². The van der Waals surface area contributed by atoms with Crippen molar-refractivity contribution in [3.05, 3.63) is 59.0 Å². The van der Waals surface area contributed by atoms with Crippen molar-refractivity contribution in [1.29, 1.82) is 5.26 Å². The Balaban J connectivity index is 1.57. The molecule has 1 fully saturated rings. The molecule has 1 aromatic heterocycles. The van der Waals surface area contributed by atoms with E-state index in [4.69, 9.17) is 4.74 Å². The van der Waals surface area contributed by atoms with Gasteiger partial charge in [-0.05, 0) is 79.4 Å². The van der Waals surface area contributed by atoms with Crippen LogP contribution in [0.15, 0.2) is 54.1 Å². The summed E-state index contributed by atoms with van der Waals surface area (Å²) in [5.41, 5.74) is 2.47. The number of fused-ring (bicyclic) bond motifs is 1. The van der Waals surface area contributed by atoms with Crippen LogP contribution in [0, 0.1) is 11.3 Å². The summed E-state index contributed by atoms with van der Waals surface area (Å²) in [6.07, 6.45) is 0.412. The molecule has 1 amide bonds. The Kier molecular flexibility index (Phi) is 7.56. The Morgan fingerprint density at radius 1 is 1.14 bits per heavy atom. The molecule has 2 N–H and O–H groups in total. The third-order valence-electron chi connectivity index (χ3n) is 6.36. The minimum absolute atomic E-state index is 0.0353. The van der Waals surface area contributed by atoms with Crippen LogP contribution in [0.5, 0.6) is 0 Å². The number of benzene rings is 2. The quantitative estimate of drug-likeness (QED) is 0.361. The molecule has 4 rings (SSSR count). The van der Waals surface area contributed by atoms with E-state index >= 15 is 0 Å². The Hall–Kier alpha value is -3.18. The Morgan fingerprint density at radius 3 is 2.57 bits per heavy atom. The SMILES string of the molecule is C/C(=C(/C#N)C(=O)NC(C)(C)CCO)c1ccc(-c2ccc3cc(N4CCOCC4)ccc3c2)s1. The summed E-state index contributed by atoms with van der Waals surface area (Å²) in [4.78, 5) is 17.1. The van der Waals surface area contributed by atoms with Crippen molar-refractivity contribution < 1.29 is 14.6 Å². The first-order chi connectivity index (χ1) is 16.8. The van der Waals surface area contributed by atoms with E-state index < -0.39 is 11.4 Å². The molecular formula is C28H31N3O3S. The molecule has 0 radical (unpaired) electrons. The molecule has 7 heteroatoms. The third-order valence-corrected chi connectivity index (χ3v) is 7.62. The number of hydrogen-bond donors (Lipinski definition) is 2. The summed E-state index contributed by atoms with van der Waals surface area (Å²) >= 11 is 1.57. The Morgan fingerprint density at radius 2 is 1.86 bits per heavy atom. The number of nitrogens with zero attached hydrogens (tertiary/aromatic N) is 2. The number of carbonyl (C=O) groups excluding carboxylic acids is 1. The van der Waals surface area contributed by atoms with Gasteiger partial charge in [-0.1, -0.05) is 18.2 Å². The summed E-state index contributed by atoms with van der Waals surface area (Å²) in [5, 5.41) is 24.1. The molecule has 1 saturated heterocycles. The van der Waals surface area contributed by atoms with E-state index in [1.807, 2.05) is 26.0 Å². The van der Waals surface area contributed by atoms with E-state index in [1.54, 1.807) is 18.3 Å². The van der Waals surface area contributed by atoms with Gasteiger partial charge in [-0.15, -0.1) is 11.3 Å². The van der Waals surface area contributed by atoms with Crippen LogP contribution < -0.4 is 10.2 Å². The number of nitriles is 1. The summed E-state index contributed by atoms with van der Waals surface area (Å²) in [6.45, 7) is 8.79. The number of hydrogen-bond acceptors (Lipinski definition) is 6. The monoisotopic (exact) mass is 489 g/mol. The fourth-order valence-electron chi connectivity index (χ4n) is 4.24. The first kappa shape index (κ1) is 24.9. The summed E-state index contributed by atoms with van der Waals surface area (Å²) in [6, 6.07) is 19.1. The minimum Gasteiger partial charge on any atom is -0.396 e. The standard InChI is InChI=1S/C28H31N3O3S/c1-19(24(18-29)27(33)30-28(2,3)10-13-32)25-8-9-26(35-25)22-5-4-21-17-23(7-6-20(21)16-22)31-11-14-34-15-12-31/h4-9,16-17,32H,10-15H2,1-3H3,(H,30,33)/b24-19+. The largest absolute Gasteiger partial charge is 0.396 e. The lowest BCUT2D eigenvalue weighted by Gasteiger charge is -2.29. The third kappa shape index (κ3) is 5.73. The van der Waals surface area contributed by atoms with Gasteiger partial charge in [0.25, 0.3) is 5.91 Å². The van der Waals surface area contributed by atoms with Crippen LogP contribution in [-0.4, -0.2) is 49.5 Å². The molecule has 0 aliphatic carbocycles. The predicted octanol–water partition coefficient (Wildman–Crippen LogP) is 4.98. The lowest BCUT2D eigenvalue weighted by Crippen LogP contribution is -2.44. The van der Waals surface area contributed by atoms with Crippen molar-refractivity contribution in [2.24, 2.45) is 0 Å². The van der Waals surface area contributed by atoms with Crippen molar-refractivity contribution in [3.8, 4) is 16.5 Å². The number of anilines is 1. The van der Waals surface area contributed by atoms with Crippen LogP contribution >= 0.6 is 11.3 Å². The molecule has 0 bridgehead atoms. The number of carbonyl (C=O) groups is 1. The zero-order chi connectivity index (χ0) is 25.0. The molecule has 35 heavy (non-hydrogen) atoms. The molecule has 0 spiro atoms. The predicted molar refractivity (Wildman–Crippen MR) is 142 cm³/mol. The van der Waals surface area contributed by atoms with E-state index in [9.17, 15) is 15.2 Å². The topological polar surface area (TPSA) is 85.6 Å². The highest BCUT2D eigenvalue weighted by Crippen LogP contribution is 2.35. The highest BCUT2D eigenvalue weighted by Gasteiger charge is 2.24. The minimum atomic E-state index is -0.596. The molecule has 0 saturated carbocycles. The van der Waals surface area contributed by atoms with Gasteiger partial charge in [-0.2, -0.15) is 5.26 Å². The number of rotatable bonds is 7. The van der Waals surface area contributed by atoms with Crippen LogP contribution in [0.1, 0.15) is 32.1 Å². The Bertz CT molecular complexity index is 1300. The fraction of sp³-hybridized carbons (Fsp3) is 0.357. The van der Waals surface area contributed by atoms with E-state index in [0.29, 0.717) is 12.0 Å². The van der Waals surface area contributed by atoms with Crippen molar-refractivity contribution in [2.45, 2.75) is 32.7 Å². The van der Waals surface area contributed by atoms with Gasteiger partial charge in [0.15, 0.2) is 0 Å². The molecule has 6 nitrogen and oxygen atoms in total. The first-order valence-electron chi connectivity index (χ1n) is 11.8. The maximum Gasteiger partial charge on any atom is 0.262 e. The van der Waals surface area contributed by atoms with Crippen LogP contribution in [0.25, 0.3) is 26.8 Å². The van der Waals surface area contributed by atoms with Gasteiger partial charge < -0.3 is 20.1 Å². The zero-order valence-electron chi connectivity index (χ0n) is 20.4. The van der Waals surface area contributed by atoms with Crippen LogP contribution in [0.2, 0.25) is 0 Å². The van der Waals surface area contributed by atoms with Crippen LogP contribution in [-0.2, 0) is 9.53 Å². The average Bonchev–Trinajstić information content (AvgIpc) is 3.34. The van der Waals surface area contributed by atoms with Gasteiger partial charge in [0, 0.05) is 40.7 Å². The molecule has 0 atom stereocenters. The van der Waals surface area contributed by atoms with E-state index in [0.717, 1.165) is 41.6 Å². The molecule has 0 unspecified atom stereocenters. The lowest BCUT2D eigenvalue weighted by atomic mass is 9.99. The maximum atomic E-state index is 12.8. The van der Waals surface area contributed by atoms with Crippen molar-refractivity contribution in [1.82, 2.24) is 5.32 Å². The molecule has 2 aromatic carbocycles. The Labute approximate surface area is 210 Å². The van der Waals surface area contributed by atoms with E-state index in [-0.39, 0.29) is 12.2 Å². The second-order valence-corrected chi connectivity index (χ2v) is 10.5. The number of allylic oxidation sites excluding steroid dienone is 1. The number of aliphatic hydroxyl groups excluding tert-OH is 1.